The van der Waals surface area contributed by atoms with E-state index in [9.17, 15) is 0 Å². The quantitative estimate of drug-likeness (QED) is 0.564. The third-order valence-electron chi connectivity index (χ3n) is 2.80. The highest BCUT2D eigenvalue weighted by atomic mass is 35.5. The first-order chi connectivity index (χ1) is 8.38. The lowest BCUT2D eigenvalue weighted by atomic mass is 10.1. The van der Waals surface area contributed by atoms with E-state index in [1.807, 2.05) is 12.5 Å². The molecule has 0 amide bonds. The zero-order valence-electron chi connectivity index (χ0n) is 9.85. The minimum absolute atomic E-state index is 0.497. The van der Waals surface area contributed by atoms with E-state index in [0.717, 1.165) is 18.7 Å². The normalized spacial score (nSPS) is 10.6. The van der Waals surface area contributed by atoms with Crippen molar-refractivity contribution < 1.29 is 0 Å². The zero-order valence-corrected chi connectivity index (χ0v) is 10.6. The maximum Gasteiger partial charge on any atom is 0.0949 e. The van der Waals surface area contributed by atoms with Gasteiger partial charge in [-0.15, -0.1) is 11.6 Å². The van der Waals surface area contributed by atoms with E-state index < -0.39 is 0 Å². The Hall–Kier alpha value is -1.28. The highest BCUT2D eigenvalue weighted by molar-refractivity contribution is 6.16. The second kappa shape index (κ2) is 6.45. The van der Waals surface area contributed by atoms with E-state index in [4.69, 9.17) is 11.6 Å². The SMILES string of the molecule is ClCc1cn(CCCCc2ccccc2)cn1. The van der Waals surface area contributed by atoms with Crippen LogP contribution < -0.4 is 0 Å². The molecule has 0 saturated heterocycles. The van der Waals surface area contributed by atoms with Crippen LogP contribution in [0.2, 0.25) is 0 Å². The van der Waals surface area contributed by atoms with E-state index in [2.05, 4.69) is 39.9 Å². The van der Waals surface area contributed by atoms with Crippen molar-refractivity contribution in [1.29, 1.82) is 0 Å². The van der Waals surface area contributed by atoms with Gasteiger partial charge in [-0.2, -0.15) is 0 Å². The molecule has 2 rings (SSSR count). The molecule has 0 radical (unpaired) electrons. The number of nitrogens with zero attached hydrogens (tertiary/aromatic N) is 2. The number of rotatable bonds is 6. The average Bonchev–Trinajstić information content (AvgIpc) is 2.84. The predicted molar refractivity (Wildman–Crippen MR) is 71.2 cm³/mol. The Labute approximate surface area is 107 Å². The summed E-state index contributed by atoms with van der Waals surface area (Å²) in [6, 6.07) is 10.6. The molecule has 0 aliphatic heterocycles. The molecule has 3 heteroatoms. The van der Waals surface area contributed by atoms with Crippen LogP contribution in [0.1, 0.15) is 24.1 Å². The smallest absolute Gasteiger partial charge is 0.0949 e. The van der Waals surface area contributed by atoms with Crippen molar-refractivity contribution >= 4 is 11.6 Å². The summed E-state index contributed by atoms with van der Waals surface area (Å²) in [5.74, 6) is 0.497. The largest absolute Gasteiger partial charge is 0.337 e. The number of imidazole rings is 1. The summed E-state index contributed by atoms with van der Waals surface area (Å²) in [7, 11) is 0. The van der Waals surface area contributed by atoms with Crippen molar-refractivity contribution in [3.05, 3.63) is 54.1 Å². The maximum absolute atomic E-state index is 5.71. The summed E-state index contributed by atoms with van der Waals surface area (Å²) in [4.78, 5) is 4.20. The average molecular weight is 249 g/mol. The fourth-order valence-electron chi connectivity index (χ4n) is 1.87. The van der Waals surface area contributed by atoms with Gasteiger partial charge in [0.25, 0.3) is 0 Å². The van der Waals surface area contributed by atoms with Crippen molar-refractivity contribution in [2.24, 2.45) is 0 Å². The molecule has 17 heavy (non-hydrogen) atoms. The molecule has 0 unspecified atom stereocenters. The van der Waals surface area contributed by atoms with Crippen molar-refractivity contribution in [1.82, 2.24) is 9.55 Å². The standard InChI is InChI=1S/C14H17ClN2/c15-10-14-11-17(12-16-14)9-5-4-8-13-6-2-1-3-7-13/h1-3,6-7,11-12H,4-5,8-10H2. The predicted octanol–water partition coefficient (Wildman–Crippen LogP) is 3.64. The molecule has 0 fully saturated rings. The Kier molecular flexibility index (Phi) is 4.63. The Balaban J connectivity index is 1.69. The Morgan fingerprint density at radius 1 is 1.12 bits per heavy atom. The lowest BCUT2D eigenvalue weighted by Gasteiger charge is -2.02. The van der Waals surface area contributed by atoms with Gasteiger partial charge in [-0.05, 0) is 24.8 Å². The second-order valence-corrected chi connectivity index (χ2v) is 4.45. The first kappa shape index (κ1) is 12.2. The van der Waals surface area contributed by atoms with Gasteiger partial charge in [0.05, 0.1) is 17.9 Å². The van der Waals surface area contributed by atoms with Crippen LogP contribution in [0.25, 0.3) is 0 Å². The topological polar surface area (TPSA) is 17.8 Å². The Bertz CT molecular complexity index is 436. The highest BCUT2D eigenvalue weighted by Gasteiger charge is 1.97. The van der Waals surface area contributed by atoms with Gasteiger partial charge < -0.3 is 4.57 Å². The number of alkyl halides is 1. The molecule has 0 atom stereocenters. The molecule has 2 aromatic rings. The molecule has 2 nitrogen and oxygen atoms in total. The van der Waals surface area contributed by atoms with Crippen LogP contribution in [0.15, 0.2) is 42.9 Å². The third kappa shape index (κ3) is 3.90. The molecular weight excluding hydrogens is 232 g/mol. The maximum atomic E-state index is 5.71. The fourth-order valence-corrected chi connectivity index (χ4v) is 2.00. The van der Waals surface area contributed by atoms with Crippen molar-refractivity contribution in [2.45, 2.75) is 31.7 Å². The lowest BCUT2D eigenvalue weighted by Crippen LogP contribution is -1.95. The summed E-state index contributed by atoms with van der Waals surface area (Å²) in [6.07, 6.45) is 7.42. The van der Waals surface area contributed by atoms with Gasteiger partial charge in [0, 0.05) is 12.7 Å². The van der Waals surface area contributed by atoms with Crippen LogP contribution in [0.3, 0.4) is 0 Å². The van der Waals surface area contributed by atoms with Crippen LogP contribution in [0.5, 0.6) is 0 Å². The Morgan fingerprint density at radius 3 is 2.65 bits per heavy atom. The summed E-state index contributed by atoms with van der Waals surface area (Å²) >= 11 is 5.71. The molecule has 1 aromatic carbocycles. The van der Waals surface area contributed by atoms with Gasteiger partial charge >= 0.3 is 0 Å². The van der Waals surface area contributed by atoms with E-state index in [0.29, 0.717) is 5.88 Å². The van der Waals surface area contributed by atoms with Crippen LogP contribution in [0, 0.1) is 0 Å². The molecular formula is C14H17ClN2. The number of hydrogen-bond acceptors (Lipinski definition) is 1. The molecule has 0 spiro atoms. The van der Waals surface area contributed by atoms with Crippen molar-refractivity contribution in [3.8, 4) is 0 Å². The van der Waals surface area contributed by atoms with E-state index in [1.165, 1.54) is 18.4 Å². The van der Waals surface area contributed by atoms with Crippen molar-refractivity contribution in [3.63, 3.8) is 0 Å². The first-order valence-electron chi connectivity index (χ1n) is 5.99. The van der Waals surface area contributed by atoms with Crippen LogP contribution in [-0.4, -0.2) is 9.55 Å². The van der Waals surface area contributed by atoms with E-state index >= 15 is 0 Å². The zero-order chi connectivity index (χ0) is 11.9. The lowest BCUT2D eigenvalue weighted by molar-refractivity contribution is 0.608. The summed E-state index contributed by atoms with van der Waals surface area (Å²) in [5.41, 5.74) is 2.37. The number of halogens is 1. The van der Waals surface area contributed by atoms with Crippen LogP contribution in [-0.2, 0) is 18.8 Å². The molecule has 0 N–H and O–H groups in total. The van der Waals surface area contributed by atoms with E-state index in [1.54, 1.807) is 0 Å². The first-order valence-corrected chi connectivity index (χ1v) is 6.52. The number of benzene rings is 1. The monoisotopic (exact) mass is 248 g/mol. The molecule has 1 aromatic heterocycles. The van der Waals surface area contributed by atoms with Gasteiger partial charge in [0.15, 0.2) is 0 Å². The van der Waals surface area contributed by atoms with Gasteiger partial charge in [-0.25, -0.2) is 4.98 Å². The fraction of sp³-hybridized carbons (Fsp3) is 0.357. The number of unbranched alkanes of at least 4 members (excludes halogenated alkanes) is 1. The molecule has 0 aliphatic carbocycles. The van der Waals surface area contributed by atoms with Crippen LogP contribution >= 0.6 is 11.6 Å². The molecule has 0 saturated carbocycles. The van der Waals surface area contributed by atoms with Crippen LogP contribution in [0.4, 0.5) is 0 Å². The minimum Gasteiger partial charge on any atom is -0.337 e. The van der Waals surface area contributed by atoms with Gasteiger partial charge in [0.2, 0.25) is 0 Å². The summed E-state index contributed by atoms with van der Waals surface area (Å²) in [5, 5.41) is 0. The van der Waals surface area contributed by atoms with Gasteiger partial charge in [0.1, 0.15) is 0 Å². The second-order valence-electron chi connectivity index (χ2n) is 4.18. The number of aryl methyl sites for hydroxylation is 2. The number of aromatic nitrogens is 2. The third-order valence-corrected chi connectivity index (χ3v) is 3.07. The minimum atomic E-state index is 0.497. The Morgan fingerprint density at radius 2 is 1.94 bits per heavy atom. The molecule has 1 heterocycles. The molecule has 0 bridgehead atoms. The van der Waals surface area contributed by atoms with E-state index in [-0.39, 0.29) is 0 Å². The molecule has 90 valence electrons. The van der Waals surface area contributed by atoms with Gasteiger partial charge in [-0.3, -0.25) is 0 Å². The highest BCUT2D eigenvalue weighted by Crippen LogP contribution is 2.06. The number of hydrogen-bond donors (Lipinski definition) is 0. The summed E-state index contributed by atoms with van der Waals surface area (Å²) < 4.78 is 2.11. The molecule has 0 aliphatic rings. The van der Waals surface area contributed by atoms with Crippen molar-refractivity contribution in [2.75, 3.05) is 0 Å². The van der Waals surface area contributed by atoms with Gasteiger partial charge in [-0.1, -0.05) is 30.3 Å². The summed E-state index contributed by atoms with van der Waals surface area (Å²) in [6.45, 7) is 1.02.